The lowest BCUT2D eigenvalue weighted by Crippen LogP contribution is -1.91. The van der Waals surface area contributed by atoms with Crippen molar-refractivity contribution in [1.82, 2.24) is 0 Å². The standard InChI is InChI=1S/C29H60O/c1-3-29(2)27-25-23-21-19-17-15-13-11-9-7-5-4-6-8-10-12-14-16-18-20-22-24-26-28-30/h29-30H,3-28H2,1-2H3. The molecule has 0 spiro atoms. The highest BCUT2D eigenvalue weighted by molar-refractivity contribution is 4.53. The van der Waals surface area contributed by atoms with Crippen molar-refractivity contribution < 1.29 is 5.11 Å². The van der Waals surface area contributed by atoms with Crippen LogP contribution in [0.25, 0.3) is 0 Å². The summed E-state index contributed by atoms with van der Waals surface area (Å²) in [6.45, 7) is 5.09. The summed E-state index contributed by atoms with van der Waals surface area (Å²) in [6.07, 6.45) is 35.5. The molecule has 0 aromatic carbocycles. The number of hydrogen-bond donors (Lipinski definition) is 1. The fraction of sp³-hybridized carbons (Fsp3) is 1.00. The van der Waals surface area contributed by atoms with Gasteiger partial charge in [0.25, 0.3) is 0 Å². The Morgan fingerprint density at radius 2 is 0.633 bits per heavy atom. The first-order valence-corrected chi connectivity index (χ1v) is 14.4. The molecule has 1 atom stereocenters. The van der Waals surface area contributed by atoms with Gasteiger partial charge >= 0.3 is 0 Å². The third-order valence-corrected chi connectivity index (χ3v) is 7.05. The highest BCUT2D eigenvalue weighted by atomic mass is 16.2. The molecule has 0 saturated heterocycles. The van der Waals surface area contributed by atoms with E-state index in [-0.39, 0.29) is 0 Å². The van der Waals surface area contributed by atoms with Crippen LogP contribution in [0.2, 0.25) is 0 Å². The first kappa shape index (κ1) is 30.0. The molecule has 1 heteroatoms. The summed E-state index contributed by atoms with van der Waals surface area (Å²) in [6, 6.07) is 0. The van der Waals surface area contributed by atoms with E-state index >= 15 is 0 Å². The maximum absolute atomic E-state index is 8.75. The molecule has 0 radical (unpaired) electrons. The first-order chi connectivity index (χ1) is 14.8. The van der Waals surface area contributed by atoms with Crippen LogP contribution in [0.5, 0.6) is 0 Å². The minimum absolute atomic E-state index is 0.374. The van der Waals surface area contributed by atoms with Crippen molar-refractivity contribution in [1.29, 1.82) is 0 Å². The molecule has 182 valence electrons. The van der Waals surface area contributed by atoms with E-state index < -0.39 is 0 Å². The van der Waals surface area contributed by atoms with Gasteiger partial charge in [-0.1, -0.05) is 168 Å². The molecule has 0 aromatic heterocycles. The van der Waals surface area contributed by atoms with E-state index in [1.807, 2.05) is 0 Å². The zero-order valence-corrected chi connectivity index (χ0v) is 21.4. The molecular weight excluding hydrogens is 364 g/mol. The van der Waals surface area contributed by atoms with Gasteiger partial charge in [-0.05, 0) is 12.3 Å². The summed E-state index contributed by atoms with van der Waals surface area (Å²) in [4.78, 5) is 0. The van der Waals surface area contributed by atoms with E-state index in [0.29, 0.717) is 6.61 Å². The number of hydrogen-bond acceptors (Lipinski definition) is 1. The Hall–Kier alpha value is -0.0400. The van der Waals surface area contributed by atoms with Gasteiger partial charge in [0, 0.05) is 6.61 Å². The maximum atomic E-state index is 8.75. The molecule has 0 rings (SSSR count). The summed E-state index contributed by atoms with van der Waals surface area (Å²) in [5, 5.41) is 8.75. The van der Waals surface area contributed by atoms with Crippen LogP contribution in [-0.2, 0) is 0 Å². The van der Waals surface area contributed by atoms with Crippen molar-refractivity contribution in [3.05, 3.63) is 0 Å². The van der Waals surface area contributed by atoms with Gasteiger partial charge in [-0.3, -0.25) is 0 Å². The third-order valence-electron chi connectivity index (χ3n) is 7.05. The molecule has 1 nitrogen and oxygen atoms in total. The van der Waals surface area contributed by atoms with E-state index in [0.717, 1.165) is 12.3 Å². The van der Waals surface area contributed by atoms with Crippen molar-refractivity contribution >= 4 is 0 Å². The molecule has 30 heavy (non-hydrogen) atoms. The molecule has 0 aromatic rings. The van der Waals surface area contributed by atoms with Crippen molar-refractivity contribution in [2.24, 2.45) is 5.92 Å². The predicted octanol–water partition coefficient (Wildman–Crippen LogP) is 10.4. The summed E-state index contributed by atoms with van der Waals surface area (Å²) in [7, 11) is 0. The minimum Gasteiger partial charge on any atom is -0.396 e. The lowest BCUT2D eigenvalue weighted by Gasteiger charge is -2.07. The molecule has 1 unspecified atom stereocenters. The average molecular weight is 425 g/mol. The zero-order chi connectivity index (χ0) is 22.0. The van der Waals surface area contributed by atoms with Crippen LogP contribution in [-0.4, -0.2) is 11.7 Å². The molecular formula is C29H60O. The highest BCUT2D eigenvalue weighted by Gasteiger charge is 1.98. The van der Waals surface area contributed by atoms with Gasteiger partial charge in [0.15, 0.2) is 0 Å². The van der Waals surface area contributed by atoms with Crippen molar-refractivity contribution in [3.63, 3.8) is 0 Å². The fourth-order valence-corrected chi connectivity index (χ4v) is 4.52. The van der Waals surface area contributed by atoms with Crippen LogP contribution in [0, 0.1) is 5.92 Å². The van der Waals surface area contributed by atoms with Gasteiger partial charge in [0.2, 0.25) is 0 Å². The predicted molar refractivity (Wildman–Crippen MR) is 137 cm³/mol. The SMILES string of the molecule is CCC(C)CCCCCCCCCCCCCCCCCCCCCCCCCO. The Balaban J connectivity index is 3.00. The van der Waals surface area contributed by atoms with E-state index in [4.69, 9.17) is 5.11 Å². The molecule has 0 heterocycles. The summed E-state index contributed by atoms with van der Waals surface area (Å²) in [5.41, 5.74) is 0. The van der Waals surface area contributed by atoms with Crippen LogP contribution in [0.1, 0.15) is 174 Å². The fourth-order valence-electron chi connectivity index (χ4n) is 4.52. The molecule has 0 aliphatic carbocycles. The molecule has 0 saturated carbocycles. The van der Waals surface area contributed by atoms with Crippen LogP contribution in [0.15, 0.2) is 0 Å². The summed E-state index contributed by atoms with van der Waals surface area (Å²) in [5.74, 6) is 0.943. The average Bonchev–Trinajstić information content (AvgIpc) is 2.76. The zero-order valence-electron chi connectivity index (χ0n) is 21.4. The van der Waals surface area contributed by atoms with Crippen LogP contribution in [0.4, 0.5) is 0 Å². The van der Waals surface area contributed by atoms with Crippen molar-refractivity contribution in [3.8, 4) is 0 Å². The second-order valence-corrected chi connectivity index (χ2v) is 10.2. The summed E-state index contributed by atoms with van der Waals surface area (Å²) < 4.78 is 0. The number of unbranched alkanes of at least 4 members (excludes halogenated alkanes) is 22. The topological polar surface area (TPSA) is 20.2 Å². The van der Waals surface area contributed by atoms with Gasteiger partial charge in [-0.25, -0.2) is 0 Å². The van der Waals surface area contributed by atoms with E-state index in [1.165, 1.54) is 154 Å². The van der Waals surface area contributed by atoms with E-state index in [9.17, 15) is 0 Å². The van der Waals surface area contributed by atoms with Crippen LogP contribution < -0.4 is 0 Å². The second kappa shape index (κ2) is 27.0. The summed E-state index contributed by atoms with van der Waals surface area (Å²) >= 11 is 0. The van der Waals surface area contributed by atoms with Gasteiger partial charge in [0.05, 0.1) is 0 Å². The highest BCUT2D eigenvalue weighted by Crippen LogP contribution is 2.16. The third kappa shape index (κ3) is 26.0. The lowest BCUT2D eigenvalue weighted by atomic mass is 9.99. The monoisotopic (exact) mass is 424 g/mol. The minimum atomic E-state index is 0.374. The first-order valence-electron chi connectivity index (χ1n) is 14.4. The van der Waals surface area contributed by atoms with Crippen LogP contribution in [0.3, 0.4) is 0 Å². The molecule has 1 N–H and O–H groups in total. The van der Waals surface area contributed by atoms with Crippen molar-refractivity contribution in [2.75, 3.05) is 6.61 Å². The maximum Gasteiger partial charge on any atom is 0.0431 e. The van der Waals surface area contributed by atoms with Gasteiger partial charge < -0.3 is 5.11 Å². The number of aliphatic hydroxyl groups is 1. The van der Waals surface area contributed by atoms with Gasteiger partial charge in [-0.2, -0.15) is 0 Å². The Labute approximate surface area is 192 Å². The largest absolute Gasteiger partial charge is 0.396 e. The van der Waals surface area contributed by atoms with Gasteiger partial charge in [-0.15, -0.1) is 0 Å². The molecule has 0 amide bonds. The lowest BCUT2D eigenvalue weighted by molar-refractivity contribution is 0.282. The van der Waals surface area contributed by atoms with E-state index in [2.05, 4.69) is 13.8 Å². The Morgan fingerprint density at radius 1 is 0.400 bits per heavy atom. The van der Waals surface area contributed by atoms with E-state index in [1.54, 1.807) is 0 Å². The molecule has 0 aliphatic heterocycles. The van der Waals surface area contributed by atoms with Crippen LogP contribution >= 0.6 is 0 Å². The molecule has 0 bridgehead atoms. The van der Waals surface area contributed by atoms with Gasteiger partial charge in [0.1, 0.15) is 0 Å². The normalized spacial score (nSPS) is 12.5. The Bertz CT molecular complexity index is 288. The second-order valence-electron chi connectivity index (χ2n) is 10.2. The quantitative estimate of drug-likeness (QED) is 0.137. The Morgan fingerprint density at radius 3 is 0.867 bits per heavy atom. The smallest absolute Gasteiger partial charge is 0.0431 e. The number of rotatable bonds is 26. The molecule has 0 fully saturated rings. The van der Waals surface area contributed by atoms with Crippen molar-refractivity contribution in [2.45, 2.75) is 174 Å². The Kier molecular flexibility index (Phi) is 27.0. The number of aliphatic hydroxyl groups excluding tert-OH is 1. The molecule has 0 aliphatic rings.